The number of hydrogen-bond donors (Lipinski definition) is 0. The lowest BCUT2D eigenvalue weighted by Gasteiger charge is -2.11. The third-order valence-electron chi connectivity index (χ3n) is 8.41. The molecule has 0 atom stereocenters. The van der Waals surface area contributed by atoms with Crippen LogP contribution in [0.3, 0.4) is 0 Å². The van der Waals surface area contributed by atoms with E-state index in [9.17, 15) is 0 Å². The van der Waals surface area contributed by atoms with Crippen LogP contribution < -0.4 is 0 Å². The fourth-order valence-corrected chi connectivity index (χ4v) is 6.30. The normalized spacial score (nSPS) is 11.4. The summed E-state index contributed by atoms with van der Waals surface area (Å²) in [6, 6.07) is 53.6. The fraction of sp³-hybridized carbons (Fsp3) is 0. The lowest BCUT2D eigenvalue weighted by Crippen LogP contribution is -2.00. The van der Waals surface area contributed by atoms with Gasteiger partial charge in [0.2, 0.25) is 0 Å². The van der Waals surface area contributed by atoms with Gasteiger partial charge in [-0.3, -0.25) is 0 Å². The molecule has 0 unspecified atom stereocenters. The molecule has 0 amide bonds. The molecule has 4 nitrogen and oxygen atoms in total. The summed E-state index contributed by atoms with van der Waals surface area (Å²) in [6.07, 6.45) is 0. The van der Waals surface area contributed by atoms with Gasteiger partial charge in [-0.1, -0.05) is 115 Å². The molecular weight excluding hydrogens is 550 g/mol. The van der Waals surface area contributed by atoms with E-state index in [0.29, 0.717) is 17.5 Å². The van der Waals surface area contributed by atoms with Crippen LogP contribution in [-0.4, -0.2) is 15.0 Å². The highest BCUT2D eigenvalue weighted by Crippen LogP contribution is 2.42. The smallest absolute Gasteiger partial charge is 0.164 e. The molecule has 0 bridgehead atoms. The van der Waals surface area contributed by atoms with Crippen LogP contribution in [0.2, 0.25) is 0 Å². The Morgan fingerprint density at radius 2 is 1.09 bits per heavy atom. The topological polar surface area (TPSA) is 51.8 Å². The maximum atomic E-state index is 6.47. The molecule has 9 rings (SSSR count). The average Bonchev–Trinajstić information content (AvgIpc) is 3.51. The number of rotatable bonds is 4. The molecule has 0 fully saturated rings. The first-order valence-corrected chi connectivity index (χ1v) is 14.9. The van der Waals surface area contributed by atoms with Crippen LogP contribution >= 0.6 is 0 Å². The first-order chi connectivity index (χ1) is 22.3. The van der Waals surface area contributed by atoms with Crippen molar-refractivity contribution in [3.05, 3.63) is 152 Å². The fourth-order valence-electron chi connectivity index (χ4n) is 6.30. The number of nitrogens with zero attached hydrogens (tertiary/aromatic N) is 3. The Hall–Kier alpha value is -6.31. The van der Waals surface area contributed by atoms with Gasteiger partial charge in [0.15, 0.2) is 17.5 Å². The molecule has 4 heteroatoms. The quantitative estimate of drug-likeness (QED) is 0.210. The van der Waals surface area contributed by atoms with Gasteiger partial charge in [-0.15, -0.1) is 0 Å². The zero-order valence-electron chi connectivity index (χ0n) is 24.0. The minimum atomic E-state index is 0.577. The van der Waals surface area contributed by atoms with E-state index in [4.69, 9.17) is 19.4 Å². The van der Waals surface area contributed by atoms with Crippen molar-refractivity contribution >= 4 is 43.5 Å². The first kappa shape index (κ1) is 25.2. The van der Waals surface area contributed by atoms with E-state index in [1.807, 2.05) is 54.6 Å². The molecule has 0 aliphatic rings. The van der Waals surface area contributed by atoms with Crippen molar-refractivity contribution in [2.45, 2.75) is 0 Å². The van der Waals surface area contributed by atoms with Gasteiger partial charge in [0.05, 0.1) is 0 Å². The van der Waals surface area contributed by atoms with E-state index in [1.165, 1.54) is 10.8 Å². The van der Waals surface area contributed by atoms with Crippen molar-refractivity contribution in [3.8, 4) is 45.3 Å². The molecule has 0 aliphatic heterocycles. The molecule has 208 valence electrons. The van der Waals surface area contributed by atoms with Crippen molar-refractivity contribution in [1.82, 2.24) is 15.0 Å². The summed E-state index contributed by atoms with van der Waals surface area (Å²) in [5, 5.41) is 6.63. The highest BCUT2D eigenvalue weighted by atomic mass is 16.3. The molecule has 2 heterocycles. The van der Waals surface area contributed by atoms with Gasteiger partial charge in [-0.25, -0.2) is 15.0 Å². The second-order valence-corrected chi connectivity index (χ2v) is 11.1. The number of fused-ring (bicyclic) bond motifs is 5. The van der Waals surface area contributed by atoms with E-state index < -0.39 is 0 Å². The Labute approximate surface area is 259 Å². The maximum absolute atomic E-state index is 6.47. The Balaban J connectivity index is 1.33. The third kappa shape index (κ3) is 4.22. The monoisotopic (exact) mass is 573 g/mol. The van der Waals surface area contributed by atoms with Gasteiger partial charge >= 0.3 is 0 Å². The molecular formula is C41H23N3O. The van der Waals surface area contributed by atoms with E-state index in [1.54, 1.807) is 0 Å². The minimum absolute atomic E-state index is 0.577. The summed E-state index contributed by atoms with van der Waals surface area (Å²) < 4.78 is 6.47. The molecule has 9 aromatic rings. The zero-order valence-corrected chi connectivity index (χ0v) is 24.0. The van der Waals surface area contributed by atoms with Crippen LogP contribution in [-0.2, 0) is 0 Å². The average molecular weight is 574 g/mol. The molecule has 45 heavy (non-hydrogen) atoms. The highest BCUT2D eigenvalue weighted by molar-refractivity contribution is 6.17. The lowest BCUT2D eigenvalue weighted by molar-refractivity contribution is 0.669. The van der Waals surface area contributed by atoms with Gasteiger partial charge in [-0.2, -0.15) is 0 Å². The van der Waals surface area contributed by atoms with Crippen molar-refractivity contribution in [1.29, 1.82) is 0 Å². The second-order valence-electron chi connectivity index (χ2n) is 11.1. The predicted molar refractivity (Wildman–Crippen MR) is 182 cm³/mol. The molecule has 7 aromatic carbocycles. The van der Waals surface area contributed by atoms with Crippen molar-refractivity contribution < 1.29 is 4.42 Å². The Morgan fingerprint density at radius 1 is 0.444 bits per heavy atom. The molecule has 0 aliphatic carbocycles. The Morgan fingerprint density at radius 3 is 1.91 bits per heavy atom. The largest absolute Gasteiger partial charge is 0.456 e. The van der Waals surface area contributed by atoms with Crippen LogP contribution in [0.25, 0.3) is 88.8 Å². The summed E-state index contributed by atoms with van der Waals surface area (Å²) in [5.74, 6) is 1.77. The van der Waals surface area contributed by atoms with Gasteiger partial charge in [0, 0.05) is 27.5 Å². The predicted octanol–water partition coefficient (Wildman–Crippen LogP) is 10.3. The number of furan rings is 1. The molecule has 0 N–H and O–H groups in total. The van der Waals surface area contributed by atoms with Crippen LogP contribution in [0.15, 0.2) is 144 Å². The lowest BCUT2D eigenvalue weighted by atomic mass is 9.95. The van der Waals surface area contributed by atoms with Gasteiger partial charge in [0.1, 0.15) is 11.2 Å². The molecule has 0 spiro atoms. The van der Waals surface area contributed by atoms with E-state index in [0.717, 1.165) is 60.5 Å². The second kappa shape index (κ2) is 10.2. The van der Waals surface area contributed by atoms with Gasteiger partial charge < -0.3 is 4.42 Å². The van der Waals surface area contributed by atoms with Gasteiger partial charge in [-0.05, 0) is 69.1 Å². The van der Waals surface area contributed by atoms with Gasteiger partial charge in [0.25, 0.3) is 0 Å². The Kier molecular flexibility index (Phi) is 5.69. The standard InChI is InChI=1S/C41H23N3O/c1-2-13-28(14-3-1)39-42-40(33-19-8-16-27-12-6-7-17-31(27)33)44-41(43-39)34-20-10-22-36-38(34)37-32(18-9-21-35(37)45-36)30-24-23-26-11-4-5-15-29(26)25-30/h2,4-25H. The van der Waals surface area contributed by atoms with E-state index in [2.05, 4.69) is 97.1 Å². The van der Waals surface area contributed by atoms with Crippen molar-refractivity contribution in [2.24, 2.45) is 0 Å². The van der Waals surface area contributed by atoms with Crippen LogP contribution in [0, 0.1) is 12.1 Å². The SMILES string of the molecule is c1ccc(-c2nc(-c3cccc4ccccc34)nc(-c3cccc4oc5cccc(-c6ccc7ccccc7c6)c5c34)n2)cc#1. The summed E-state index contributed by atoms with van der Waals surface area (Å²) in [7, 11) is 0. The number of hydrogen-bond acceptors (Lipinski definition) is 4. The first-order valence-electron chi connectivity index (χ1n) is 14.9. The molecule has 0 radical (unpaired) electrons. The van der Waals surface area contributed by atoms with E-state index >= 15 is 0 Å². The maximum Gasteiger partial charge on any atom is 0.164 e. The third-order valence-corrected chi connectivity index (χ3v) is 8.41. The molecule has 0 saturated heterocycles. The summed E-state index contributed by atoms with van der Waals surface area (Å²) in [6.45, 7) is 0. The zero-order chi connectivity index (χ0) is 29.7. The summed E-state index contributed by atoms with van der Waals surface area (Å²) in [5.41, 5.74) is 6.51. The Bertz CT molecular complexity index is 2540. The summed E-state index contributed by atoms with van der Waals surface area (Å²) in [4.78, 5) is 15.2. The molecule has 0 saturated carbocycles. The van der Waals surface area contributed by atoms with Crippen molar-refractivity contribution in [2.75, 3.05) is 0 Å². The van der Waals surface area contributed by atoms with Crippen LogP contribution in [0.5, 0.6) is 0 Å². The highest BCUT2D eigenvalue weighted by Gasteiger charge is 2.20. The van der Waals surface area contributed by atoms with E-state index in [-0.39, 0.29) is 0 Å². The summed E-state index contributed by atoms with van der Waals surface area (Å²) >= 11 is 0. The van der Waals surface area contributed by atoms with Crippen LogP contribution in [0.1, 0.15) is 0 Å². The van der Waals surface area contributed by atoms with Crippen molar-refractivity contribution in [3.63, 3.8) is 0 Å². The minimum Gasteiger partial charge on any atom is -0.456 e. The number of aromatic nitrogens is 3. The number of benzene rings is 6. The molecule has 2 aromatic heterocycles. The van der Waals surface area contributed by atoms with Crippen LogP contribution in [0.4, 0.5) is 0 Å².